The van der Waals surface area contributed by atoms with E-state index in [9.17, 15) is 4.79 Å². The Bertz CT molecular complexity index is 405. The number of methoxy groups -OCH3 is 1. The predicted octanol–water partition coefficient (Wildman–Crippen LogP) is 0.335. The van der Waals surface area contributed by atoms with Crippen LogP contribution in [0, 0.1) is 5.92 Å². The standard InChI is InChI=1S/C13H22N4O2/c1-16(2)13(18)6-10-7-17(9-12(10)19-3)8-11-4-5-14-15-11/h4-5,10,12H,6-9H2,1-3H3,(H,14,15)/t10-,12+/m1/s1. The Balaban J connectivity index is 1.91. The average Bonchev–Trinajstić information content (AvgIpc) is 2.99. The number of ether oxygens (including phenoxy) is 1. The van der Waals surface area contributed by atoms with Gasteiger partial charge in [0.1, 0.15) is 0 Å². The van der Waals surface area contributed by atoms with Crippen molar-refractivity contribution in [2.45, 2.75) is 19.1 Å². The summed E-state index contributed by atoms with van der Waals surface area (Å²) in [5.74, 6) is 0.429. The normalized spacial score (nSPS) is 23.7. The molecular formula is C13H22N4O2. The molecule has 1 fully saturated rings. The summed E-state index contributed by atoms with van der Waals surface area (Å²) in [5, 5.41) is 6.91. The fourth-order valence-electron chi connectivity index (χ4n) is 2.54. The van der Waals surface area contributed by atoms with Crippen molar-refractivity contribution in [3.05, 3.63) is 18.0 Å². The minimum atomic E-state index is 0.131. The van der Waals surface area contributed by atoms with Crippen molar-refractivity contribution in [1.29, 1.82) is 0 Å². The van der Waals surface area contributed by atoms with Crippen molar-refractivity contribution in [2.75, 3.05) is 34.3 Å². The summed E-state index contributed by atoms with van der Waals surface area (Å²) in [6.07, 6.45) is 2.43. The van der Waals surface area contributed by atoms with E-state index in [0.717, 1.165) is 25.3 Å². The summed E-state index contributed by atoms with van der Waals surface area (Å²) >= 11 is 0. The van der Waals surface area contributed by atoms with Crippen LogP contribution in [0.15, 0.2) is 12.3 Å². The van der Waals surface area contributed by atoms with E-state index < -0.39 is 0 Å². The zero-order valence-electron chi connectivity index (χ0n) is 11.8. The molecule has 1 aromatic rings. The molecule has 6 heteroatoms. The quantitative estimate of drug-likeness (QED) is 0.834. The highest BCUT2D eigenvalue weighted by Crippen LogP contribution is 2.24. The molecule has 6 nitrogen and oxygen atoms in total. The molecule has 2 heterocycles. The molecule has 0 aliphatic carbocycles. The van der Waals surface area contributed by atoms with Crippen molar-refractivity contribution >= 4 is 5.91 Å². The monoisotopic (exact) mass is 266 g/mol. The first-order valence-electron chi connectivity index (χ1n) is 6.53. The Morgan fingerprint density at radius 1 is 1.58 bits per heavy atom. The molecule has 0 saturated carbocycles. The van der Waals surface area contributed by atoms with E-state index >= 15 is 0 Å². The molecule has 106 valence electrons. The molecule has 2 rings (SSSR count). The molecule has 2 atom stereocenters. The van der Waals surface area contributed by atoms with E-state index in [2.05, 4.69) is 15.1 Å². The maximum atomic E-state index is 11.8. The first kappa shape index (κ1) is 14.0. The second-order valence-electron chi connectivity index (χ2n) is 5.30. The summed E-state index contributed by atoms with van der Waals surface area (Å²) in [5.41, 5.74) is 1.09. The van der Waals surface area contributed by atoms with Gasteiger partial charge in [-0.05, 0) is 6.07 Å². The van der Waals surface area contributed by atoms with E-state index in [1.807, 2.05) is 6.07 Å². The van der Waals surface area contributed by atoms with E-state index in [-0.39, 0.29) is 17.9 Å². The molecule has 0 unspecified atom stereocenters. The lowest BCUT2D eigenvalue weighted by atomic mass is 10.0. The highest BCUT2D eigenvalue weighted by Gasteiger charge is 2.34. The fourth-order valence-corrected chi connectivity index (χ4v) is 2.54. The number of carbonyl (C=O) groups excluding carboxylic acids is 1. The molecule has 0 radical (unpaired) electrons. The SMILES string of the molecule is CO[C@H]1CN(Cc2ccn[nH]2)C[C@H]1CC(=O)N(C)C. The molecule has 0 aromatic carbocycles. The fraction of sp³-hybridized carbons (Fsp3) is 0.692. The number of H-pyrrole nitrogens is 1. The summed E-state index contributed by atoms with van der Waals surface area (Å²) in [4.78, 5) is 15.8. The van der Waals surface area contributed by atoms with Gasteiger partial charge in [-0.25, -0.2) is 0 Å². The first-order valence-corrected chi connectivity index (χ1v) is 6.53. The number of nitrogens with zero attached hydrogens (tertiary/aromatic N) is 3. The number of aromatic amines is 1. The van der Waals surface area contributed by atoms with E-state index in [1.165, 1.54) is 0 Å². The zero-order valence-corrected chi connectivity index (χ0v) is 11.8. The van der Waals surface area contributed by atoms with E-state index in [1.54, 1.807) is 32.3 Å². The van der Waals surface area contributed by atoms with Crippen LogP contribution in [0.4, 0.5) is 0 Å². The largest absolute Gasteiger partial charge is 0.380 e. The number of aromatic nitrogens is 2. The minimum Gasteiger partial charge on any atom is -0.380 e. The van der Waals surface area contributed by atoms with Gasteiger partial charge in [-0.3, -0.25) is 14.8 Å². The third-order valence-electron chi connectivity index (χ3n) is 3.65. The van der Waals surface area contributed by atoms with Crippen molar-refractivity contribution in [3.63, 3.8) is 0 Å². The van der Waals surface area contributed by atoms with Crippen LogP contribution in [0.1, 0.15) is 12.1 Å². The highest BCUT2D eigenvalue weighted by molar-refractivity contribution is 5.75. The van der Waals surface area contributed by atoms with Gasteiger partial charge >= 0.3 is 0 Å². The number of hydrogen-bond acceptors (Lipinski definition) is 4. The molecule has 1 saturated heterocycles. The van der Waals surface area contributed by atoms with Gasteiger partial charge in [0.2, 0.25) is 5.91 Å². The van der Waals surface area contributed by atoms with Gasteiger partial charge in [-0.1, -0.05) is 0 Å². The third-order valence-corrected chi connectivity index (χ3v) is 3.65. The molecule has 1 aliphatic heterocycles. The zero-order chi connectivity index (χ0) is 13.8. The molecule has 0 bridgehead atoms. The van der Waals surface area contributed by atoms with Gasteiger partial charge in [0.25, 0.3) is 0 Å². The summed E-state index contributed by atoms with van der Waals surface area (Å²) < 4.78 is 5.52. The van der Waals surface area contributed by atoms with Crippen LogP contribution < -0.4 is 0 Å². The Kier molecular flexibility index (Phi) is 4.55. The second kappa shape index (κ2) is 6.16. The van der Waals surface area contributed by atoms with Gasteiger partial charge in [-0.2, -0.15) is 5.10 Å². The van der Waals surface area contributed by atoms with Gasteiger partial charge < -0.3 is 9.64 Å². The minimum absolute atomic E-state index is 0.131. The molecular weight excluding hydrogens is 244 g/mol. The van der Waals surface area contributed by atoms with Crippen LogP contribution in [0.3, 0.4) is 0 Å². The van der Waals surface area contributed by atoms with E-state index in [4.69, 9.17) is 4.74 Å². The molecule has 1 amide bonds. The first-order chi connectivity index (χ1) is 9.10. The van der Waals surface area contributed by atoms with Crippen molar-refractivity contribution in [3.8, 4) is 0 Å². The second-order valence-corrected chi connectivity index (χ2v) is 5.30. The van der Waals surface area contributed by atoms with Crippen molar-refractivity contribution in [1.82, 2.24) is 20.0 Å². The van der Waals surface area contributed by atoms with Crippen LogP contribution in [0.5, 0.6) is 0 Å². The van der Waals surface area contributed by atoms with Crippen molar-refractivity contribution in [2.24, 2.45) is 5.92 Å². The van der Waals surface area contributed by atoms with Gasteiger partial charge in [-0.15, -0.1) is 0 Å². The lowest BCUT2D eigenvalue weighted by Gasteiger charge is -2.18. The Morgan fingerprint density at radius 2 is 2.37 bits per heavy atom. The maximum Gasteiger partial charge on any atom is 0.222 e. The van der Waals surface area contributed by atoms with Gasteiger partial charge in [0.15, 0.2) is 0 Å². The van der Waals surface area contributed by atoms with E-state index in [0.29, 0.717) is 6.42 Å². The van der Waals surface area contributed by atoms with Crippen LogP contribution in [0.2, 0.25) is 0 Å². The van der Waals surface area contributed by atoms with Crippen LogP contribution >= 0.6 is 0 Å². The molecule has 19 heavy (non-hydrogen) atoms. The summed E-state index contributed by atoms with van der Waals surface area (Å²) in [6.45, 7) is 2.57. The Labute approximate surface area is 113 Å². The van der Waals surface area contributed by atoms with Crippen LogP contribution in [0.25, 0.3) is 0 Å². The number of hydrogen-bond donors (Lipinski definition) is 1. The highest BCUT2D eigenvalue weighted by atomic mass is 16.5. The topological polar surface area (TPSA) is 61.5 Å². The number of carbonyl (C=O) groups is 1. The summed E-state index contributed by atoms with van der Waals surface area (Å²) in [7, 11) is 5.31. The van der Waals surface area contributed by atoms with Gasteiger partial charge in [0.05, 0.1) is 6.10 Å². The lowest BCUT2D eigenvalue weighted by Crippen LogP contribution is -2.29. The number of likely N-dealkylation sites (tertiary alicyclic amines) is 1. The van der Waals surface area contributed by atoms with Gasteiger partial charge in [0, 0.05) is 65.1 Å². The smallest absolute Gasteiger partial charge is 0.222 e. The van der Waals surface area contributed by atoms with Crippen LogP contribution in [-0.2, 0) is 16.1 Å². The molecule has 0 spiro atoms. The predicted molar refractivity (Wildman–Crippen MR) is 71.5 cm³/mol. The molecule has 1 aliphatic rings. The van der Waals surface area contributed by atoms with Crippen LogP contribution in [-0.4, -0.2) is 66.3 Å². The Hall–Kier alpha value is -1.40. The number of rotatable bonds is 5. The number of amides is 1. The Morgan fingerprint density at radius 3 is 2.95 bits per heavy atom. The molecule has 1 aromatic heterocycles. The third kappa shape index (κ3) is 3.54. The molecule has 1 N–H and O–H groups in total. The van der Waals surface area contributed by atoms with Crippen molar-refractivity contribution < 1.29 is 9.53 Å². The summed E-state index contributed by atoms with van der Waals surface area (Å²) in [6, 6.07) is 1.97. The maximum absolute atomic E-state index is 11.8. The average molecular weight is 266 g/mol. The lowest BCUT2D eigenvalue weighted by molar-refractivity contribution is -0.130. The number of nitrogens with one attached hydrogen (secondary N) is 1.